The monoisotopic (exact) mass is 208 g/mol. The van der Waals surface area contributed by atoms with Crippen molar-refractivity contribution in [1.29, 1.82) is 0 Å². The molecule has 1 heterocycles. The van der Waals surface area contributed by atoms with Crippen LogP contribution >= 0.6 is 0 Å². The molecule has 2 atom stereocenters. The molecular formula is C7H16N2O3S. The highest BCUT2D eigenvalue weighted by Gasteiger charge is 2.26. The first-order valence-corrected chi connectivity index (χ1v) is 6.13. The summed E-state index contributed by atoms with van der Waals surface area (Å²) in [6.07, 6.45) is 1.87. The second-order valence-corrected chi connectivity index (χ2v) is 5.04. The van der Waals surface area contributed by atoms with Gasteiger partial charge in [-0.2, -0.15) is 0 Å². The predicted molar refractivity (Wildman–Crippen MR) is 50.1 cm³/mol. The Morgan fingerprint density at radius 2 is 2.23 bits per heavy atom. The van der Waals surface area contributed by atoms with Gasteiger partial charge < -0.3 is 10.1 Å². The molecule has 0 bridgehead atoms. The Kier molecular flexibility index (Phi) is 3.66. The minimum absolute atomic E-state index is 0.0662. The van der Waals surface area contributed by atoms with Crippen LogP contribution in [0.2, 0.25) is 0 Å². The van der Waals surface area contributed by atoms with Crippen LogP contribution in [-0.4, -0.2) is 47.0 Å². The fraction of sp³-hybridized carbons (Fsp3) is 1.00. The lowest BCUT2D eigenvalue weighted by molar-refractivity contribution is 0.0594. The SMILES string of the molecule is CO[C@@H]1CNCC[C@H]1NS(C)(=O)=O. The molecule has 2 N–H and O–H groups in total. The molecule has 0 radical (unpaired) electrons. The van der Waals surface area contributed by atoms with Gasteiger partial charge in [0, 0.05) is 13.7 Å². The molecule has 1 aliphatic heterocycles. The van der Waals surface area contributed by atoms with Crippen LogP contribution in [0.25, 0.3) is 0 Å². The van der Waals surface area contributed by atoms with Crippen molar-refractivity contribution in [2.24, 2.45) is 0 Å². The minimum atomic E-state index is -3.12. The molecule has 0 spiro atoms. The number of nitrogens with one attached hydrogen (secondary N) is 2. The third kappa shape index (κ3) is 3.60. The molecule has 1 aliphatic rings. The van der Waals surface area contributed by atoms with E-state index in [0.29, 0.717) is 6.54 Å². The third-order valence-electron chi connectivity index (χ3n) is 2.09. The van der Waals surface area contributed by atoms with E-state index in [1.165, 1.54) is 6.26 Å². The summed E-state index contributed by atoms with van der Waals surface area (Å²) in [5.41, 5.74) is 0. The number of methoxy groups -OCH3 is 1. The van der Waals surface area contributed by atoms with E-state index in [0.717, 1.165) is 13.0 Å². The molecule has 13 heavy (non-hydrogen) atoms. The van der Waals surface area contributed by atoms with Crippen molar-refractivity contribution in [1.82, 2.24) is 10.0 Å². The van der Waals surface area contributed by atoms with Gasteiger partial charge in [0.1, 0.15) is 0 Å². The standard InChI is InChI=1S/C7H16N2O3S/c1-12-7-5-8-4-3-6(7)9-13(2,10)11/h6-9H,3-5H2,1-2H3/t6-,7-/m1/s1. The number of hydrogen-bond acceptors (Lipinski definition) is 4. The topological polar surface area (TPSA) is 67.4 Å². The first kappa shape index (κ1) is 10.9. The van der Waals surface area contributed by atoms with E-state index in [-0.39, 0.29) is 12.1 Å². The molecule has 6 heteroatoms. The molecular weight excluding hydrogens is 192 g/mol. The van der Waals surface area contributed by atoms with E-state index < -0.39 is 10.0 Å². The molecule has 0 aromatic heterocycles. The van der Waals surface area contributed by atoms with Gasteiger partial charge in [0.2, 0.25) is 10.0 Å². The molecule has 1 fully saturated rings. The summed E-state index contributed by atoms with van der Waals surface area (Å²) < 4.78 is 29.7. The highest BCUT2D eigenvalue weighted by atomic mass is 32.2. The van der Waals surface area contributed by atoms with Crippen molar-refractivity contribution < 1.29 is 13.2 Å². The van der Waals surface area contributed by atoms with Crippen LogP contribution in [-0.2, 0) is 14.8 Å². The molecule has 78 valence electrons. The van der Waals surface area contributed by atoms with Gasteiger partial charge >= 0.3 is 0 Å². The second-order valence-electron chi connectivity index (χ2n) is 3.26. The Morgan fingerprint density at radius 1 is 1.54 bits per heavy atom. The second kappa shape index (κ2) is 4.36. The van der Waals surface area contributed by atoms with Crippen LogP contribution in [0.15, 0.2) is 0 Å². The summed E-state index contributed by atoms with van der Waals surface area (Å²) in [5, 5.41) is 3.14. The van der Waals surface area contributed by atoms with E-state index >= 15 is 0 Å². The van der Waals surface area contributed by atoms with Gasteiger partial charge in [-0.1, -0.05) is 0 Å². The van der Waals surface area contributed by atoms with E-state index in [4.69, 9.17) is 4.74 Å². The molecule has 0 aliphatic carbocycles. The van der Waals surface area contributed by atoms with Crippen LogP contribution in [0.5, 0.6) is 0 Å². The van der Waals surface area contributed by atoms with Crippen LogP contribution in [0.1, 0.15) is 6.42 Å². The van der Waals surface area contributed by atoms with Gasteiger partial charge in [-0.05, 0) is 13.0 Å². The van der Waals surface area contributed by atoms with E-state index in [9.17, 15) is 8.42 Å². The molecule has 1 rings (SSSR count). The quantitative estimate of drug-likeness (QED) is 0.618. The summed E-state index contributed by atoms with van der Waals surface area (Å²) in [5.74, 6) is 0. The molecule has 1 saturated heterocycles. The van der Waals surface area contributed by atoms with Gasteiger partial charge in [0.25, 0.3) is 0 Å². The van der Waals surface area contributed by atoms with Crippen molar-refractivity contribution in [3.63, 3.8) is 0 Å². The van der Waals surface area contributed by atoms with E-state index in [1.54, 1.807) is 7.11 Å². The van der Waals surface area contributed by atoms with Crippen LogP contribution in [0, 0.1) is 0 Å². The van der Waals surface area contributed by atoms with Gasteiger partial charge in [-0.15, -0.1) is 0 Å². The van der Waals surface area contributed by atoms with Crippen molar-refractivity contribution >= 4 is 10.0 Å². The van der Waals surface area contributed by atoms with E-state index in [2.05, 4.69) is 10.0 Å². The zero-order valence-corrected chi connectivity index (χ0v) is 8.73. The average Bonchev–Trinajstić information content (AvgIpc) is 2.02. The number of piperidine rings is 1. The Labute approximate surface area is 78.9 Å². The predicted octanol–water partition coefficient (Wildman–Crippen LogP) is -1.09. The van der Waals surface area contributed by atoms with Crippen LogP contribution in [0.4, 0.5) is 0 Å². The fourth-order valence-corrected chi connectivity index (χ4v) is 2.31. The smallest absolute Gasteiger partial charge is 0.209 e. The summed E-state index contributed by atoms with van der Waals surface area (Å²) >= 11 is 0. The van der Waals surface area contributed by atoms with Gasteiger partial charge in [-0.25, -0.2) is 13.1 Å². The zero-order chi connectivity index (χ0) is 9.90. The van der Waals surface area contributed by atoms with Gasteiger partial charge in [0.05, 0.1) is 18.4 Å². The largest absolute Gasteiger partial charge is 0.378 e. The van der Waals surface area contributed by atoms with Crippen molar-refractivity contribution in [3.8, 4) is 0 Å². The molecule has 5 nitrogen and oxygen atoms in total. The zero-order valence-electron chi connectivity index (χ0n) is 7.91. The van der Waals surface area contributed by atoms with Gasteiger partial charge in [-0.3, -0.25) is 0 Å². The molecule has 0 aromatic rings. The van der Waals surface area contributed by atoms with E-state index in [1.807, 2.05) is 0 Å². The molecule has 0 aromatic carbocycles. The van der Waals surface area contributed by atoms with Crippen molar-refractivity contribution in [2.45, 2.75) is 18.6 Å². The van der Waals surface area contributed by atoms with Crippen LogP contribution in [0.3, 0.4) is 0 Å². The summed E-state index contributed by atoms with van der Waals surface area (Å²) in [4.78, 5) is 0. The first-order chi connectivity index (χ1) is 6.03. The number of ether oxygens (including phenoxy) is 1. The number of sulfonamides is 1. The Balaban J connectivity index is 2.55. The number of hydrogen-bond donors (Lipinski definition) is 2. The Morgan fingerprint density at radius 3 is 2.77 bits per heavy atom. The maximum absolute atomic E-state index is 11.0. The normalized spacial score (nSPS) is 30.3. The summed E-state index contributed by atoms with van der Waals surface area (Å²) in [7, 11) is -1.53. The summed E-state index contributed by atoms with van der Waals surface area (Å²) in [6.45, 7) is 1.52. The lowest BCUT2D eigenvalue weighted by Crippen LogP contribution is -2.53. The minimum Gasteiger partial charge on any atom is -0.378 e. The van der Waals surface area contributed by atoms with Crippen LogP contribution < -0.4 is 10.0 Å². The Hall–Kier alpha value is -0.170. The number of rotatable bonds is 3. The maximum atomic E-state index is 11.0. The first-order valence-electron chi connectivity index (χ1n) is 4.24. The lowest BCUT2D eigenvalue weighted by Gasteiger charge is -2.30. The fourth-order valence-electron chi connectivity index (χ4n) is 1.49. The Bertz CT molecular complexity index is 252. The summed E-state index contributed by atoms with van der Waals surface area (Å²) in [6, 6.07) is -0.0961. The average molecular weight is 208 g/mol. The maximum Gasteiger partial charge on any atom is 0.209 e. The van der Waals surface area contributed by atoms with Gasteiger partial charge in [0.15, 0.2) is 0 Å². The highest BCUT2D eigenvalue weighted by Crippen LogP contribution is 2.07. The van der Waals surface area contributed by atoms with Crippen molar-refractivity contribution in [3.05, 3.63) is 0 Å². The lowest BCUT2D eigenvalue weighted by atomic mass is 10.1. The molecule has 0 amide bonds. The highest BCUT2D eigenvalue weighted by molar-refractivity contribution is 7.88. The molecule has 0 saturated carbocycles. The van der Waals surface area contributed by atoms with Crippen molar-refractivity contribution in [2.75, 3.05) is 26.5 Å². The molecule has 0 unspecified atom stereocenters. The third-order valence-corrected chi connectivity index (χ3v) is 2.83.